The molecule has 2 bridgehead atoms. The Morgan fingerprint density at radius 2 is 1.95 bits per heavy atom. The van der Waals surface area contributed by atoms with E-state index in [2.05, 4.69) is 19.8 Å². The van der Waals surface area contributed by atoms with Gasteiger partial charge in [-0.25, -0.2) is 13.2 Å². The van der Waals surface area contributed by atoms with Crippen molar-refractivity contribution in [3.05, 3.63) is 47.7 Å². The third-order valence-electron chi connectivity index (χ3n) is 9.69. The lowest BCUT2D eigenvalue weighted by molar-refractivity contribution is -0.133. The van der Waals surface area contributed by atoms with Crippen LogP contribution in [-0.2, 0) is 11.2 Å². The fraction of sp³-hybridized carbons (Fsp3) is 0.469. The summed E-state index contributed by atoms with van der Waals surface area (Å²) in [4.78, 5) is 18.0. The molecule has 9 rings (SSSR count). The number of phenolic OH excluding ortho intramolecular Hbond substituents is 1. The molecule has 0 aliphatic carbocycles. The van der Waals surface area contributed by atoms with Gasteiger partial charge >= 0.3 is 6.01 Å². The summed E-state index contributed by atoms with van der Waals surface area (Å²) in [5.74, 6) is -0.696. The first-order valence-corrected chi connectivity index (χ1v) is 15.0. The topological polar surface area (TPSA) is 83.8 Å². The van der Waals surface area contributed by atoms with Crippen molar-refractivity contribution in [2.75, 3.05) is 37.7 Å². The molecule has 0 saturated carbocycles. The number of aromatic nitrogens is 3. The summed E-state index contributed by atoms with van der Waals surface area (Å²) in [7, 11) is 0. The minimum absolute atomic E-state index is 0.0170. The molecule has 0 amide bonds. The van der Waals surface area contributed by atoms with E-state index in [0.29, 0.717) is 60.0 Å². The van der Waals surface area contributed by atoms with E-state index >= 15 is 4.39 Å². The molecule has 2 unspecified atom stereocenters. The van der Waals surface area contributed by atoms with Crippen LogP contribution in [0, 0.1) is 11.6 Å². The molecule has 2 aromatic carbocycles. The summed E-state index contributed by atoms with van der Waals surface area (Å²) in [6.07, 6.45) is 4.33. The van der Waals surface area contributed by atoms with E-state index in [1.165, 1.54) is 24.4 Å². The second-order valence-electron chi connectivity index (χ2n) is 12.4. The fourth-order valence-corrected chi connectivity index (χ4v) is 7.72. The predicted octanol–water partition coefficient (Wildman–Crippen LogP) is 5.32. The van der Waals surface area contributed by atoms with E-state index < -0.39 is 23.3 Å². The second-order valence-corrected chi connectivity index (χ2v) is 12.4. The Labute approximate surface area is 246 Å². The first kappa shape index (κ1) is 26.9. The summed E-state index contributed by atoms with van der Waals surface area (Å²) in [5, 5.41) is 12.0. The van der Waals surface area contributed by atoms with E-state index in [4.69, 9.17) is 14.5 Å². The molecule has 4 aromatic rings. The van der Waals surface area contributed by atoms with E-state index in [1.807, 2.05) is 6.92 Å². The number of hydrogen-bond acceptors (Lipinski definition) is 8. The van der Waals surface area contributed by atoms with Gasteiger partial charge in [-0.05, 0) is 60.3 Å². The molecule has 5 saturated heterocycles. The van der Waals surface area contributed by atoms with Crippen molar-refractivity contribution in [3.8, 4) is 23.0 Å². The van der Waals surface area contributed by atoms with Crippen molar-refractivity contribution >= 4 is 27.5 Å². The molecular formula is C32H32F3N5O3. The van der Waals surface area contributed by atoms with Crippen molar-refractivity contribution in [1.82, 2.24) is 19.9 Å². The number of phenols is 1. The summed E-state index contributed by atoms with van der Waals surface area (Å²) in [6, 6.07) is 5.88. The second kappa shape index (κ2) is 9.92. The number of hydrogen-bond donors (Lipinski definition) is 1. The third-order valence-corrected chi connectivity index (χ3v) is 9.69. The lowest BCUT2D eigenvalue weighted by atomic mass is 9.94. The van der Waals surface area contributed by atoms with Gasteiger partial charge in [-0.3, -0.25) is 9.88 Å². The number of halogens is 3. The summed E-state index contributed by atoms with van der Waals surface area (Å²) in [6.45, 7) is 4.46. The largest absolute Gasteiger partial charge is 0.508 e. The van der Waals surface area contributed by atoms with Crippen LogP contribution in [0.2, 0.25) is 0 Å². The van der Waals surface area contributed by atoms with Crippen LogP contribution in [0.5, 0.6) is 11.8 Å². The number of nitrogens with zero attached hydrogens (tertiary/aromatic N) is 5. The van der Waals surface area contributed by atoms with Crippen LogP contribution in [0.15, 0.2) is 30.5 Å². The van der Waals surface area contributed by atoms with Crippen LogP contribution < -0.4 is 9.64 Å². The Bertz CT molecular complexity index is 1760. The number of pyridine rings is 1. The molecule has 7 heterocycles. The maximum atomic E-state index is 16.7. The quantitative estimate of drug-likeness (QED) is 0.323. The highest BCUT2D eigenvalue weighted by Gasteiger charge is 2.49. The van der Waals surface area contributed by atoms with Gasteiger partial charge in [-0.2, -0.15) is 9.97 Å². The van der Waals surface area contributed by atoms with Crippen molar-refractivity contribution in [2.45, 2.75) is 62.9 Å². The van der Waals surface area contributed by atoms with E-state index in [1.54, 1.807) is 6.07 Å². The van der Waals surface area contributed by atoms with Crippen LogP contribution in [0.3, 0.4) is 0 Å². The number of rotatable bonds is 6. The van der Waals surface area contributed by atoms with Crippen LogP contribution in [0.4, 0.5) is 19.0 Å². The molecule has 1 N–H and O–H groups in total. The Hall–Kier alpha value is -3.70. The normalized spacial score (nSPS) is 26.7. The Kier molecular flexibility index (Phi) is 6.20. The zero-order chi connectivity index (χ0) is 29.5. The van der Waals surface area contributed by atoms with Gasteiger partial charge in [0, 0.05) is 44.2 Å². The average molecular weight is 592 g/mol. The number of alkyl halides is 1. The van der Waals surface area contributed by atoms with Crippen molar-refractivity contribution < 1.29 is 27.8 Å². The molecule has 8 nitrogen and oxygen atoms in total. The lowest BCUT2D eigenvalue weighted by Crippen LogP contribution is -2.57. The maximum absolute atomic E-state index is 16.7. The monoisotopic (exact) mass is 591 g/mol. The fourth-order valence-electron chi connectivity index (χ4n) is 7.72. The summed E-state index contributed by atoms with van der Waals surface area (Å²) in [5.41, 5.74) is 0.248. The van der Waals surface area contributed by atoms with Gasteiger partial charge in [0.15, 0.2) is 5.82 Å². The van der Waals surface area contributed by atoms with Gasteiger partial charge in [0.25, 0.3) is 0 Å². The molecule has 11 heteroatoms. The highest BCUT2D eigenvalue weighted by atomic mass is 19.1. The molecule has 5 fully saturated rings. The summed E-state index contributed by atoms with van der Waals surface area (Å²) < 4.78 is 58.0. The molecule has 224 valence electrons. The van der Waals surface area contributed by atoms with Gasteiger partial charge in [-0.15, -0.1) is 0 Å². The van der Waals surface area contributed by atoms with E-state index in [9.17, 15) is 13.9 Å². The van der Waals surface area contributed by atoms with Gasteiger partial charge in [-0.1, -0.05) is 13.0 Å². The molecule has 4 atom stereocenters. The number of morpholine rings is 1. The predicted molar refractivity (Wildman–Crippen MR) is 155 cm³/mol. The molecule has 5 aliphatic heterocycles. The SMILES string of the molecule is CCc1c(F)ccc2cc(O)cc(-c3ncc4c(N5CC6CC(C5)O6)nc(OC[C@@]56CCCN5C[C@H](F)C6)nc4c3F)c12. The van der Waals surface area contributed by atoms with Crippen LogP contribution in [0.1, 0.15) is 38.2 Å². The number of ether oxygens (including phenoxy) is 2. The number of aryl methyl sites for hydroxylation is 1. The van der Waals surface area contributed by atoms with Gasteiger partial charge < -0.3 is 19.5 Å². The third kappa shape index (κ3) is 4.30. The first-order chi connectivity index (χ1) is 20.8. The molecule has 2 aromatic heterocycles. The molecule has 0 radical (unpaired) electrons. The Balaban J connectivity index is 1.27. The van der Waals surface area contributed by atoms with E-state index in [-0.39, 0.29) is 47.3 Å². The van der Waals surface area contributed by atoms with Crippen molar-refractivity contribution in [2.24, 2.45) is 0 Å². The van der Waals surface area contributed by atoms with E-state index in [0.717, 1.165) is 25.8 Å². The van der Waals surface area contributed by atoms with Crippen molar-refractivity contribution in [3.63, 3.8) is 0 Å². The van der Waals surface area contributed by atoms with Crippen LogP contribution in [0.25, 0.3) is 32.9 Å². The number of anilines is 1. The minimum atomic E-state index is -0.905. The van der Waals surface area contributed by atoms with Gasteiger partial charge in [0.2, 0.25) is 0 Å². The number of benzene rings is 2. The number of fused-ring (bicyclic) bond motifs is 5. The summed E-state index contributed by atoms with van der Waals surface area (Å²) >= 11 is 0. The zero-order valence-corrected chi connectivity index (χ0v) is 23.8. The zero-order valence-electron chi connectivity index (χ0n) is 23.8. The average Bonchev–Trinajstić information content (AvgIpc) is 3.51. The molecule has 0 spiro atoms. The van der Waals surface area contributed by atoms with Gasteiger partial charge in [0.05, 0.1) is 23.1 Å². The standard InChI is InChI=1S/C32H32F3N5O3/c1-2-22-25(34)5-4-17-8-19(41)9-23(26(17)22)28-27(35)29-24(12-36-28)30(39-14-20-10-21(15-39)43-20)38-31(37-29)42-16-32-6-3-7-40(32)13-18(33)11-32/h4-5,8-9,12,18,20-21,41H,2-3,6-7,10-11,13-16H2,1H3/t18-,20?,21?,32+/m1/s1. The smallest absolute Gasteiger partial charge is 0.319 e. The van der Waals surface area contributed by atoms with Crippen LogP contribution in [-0.4, -0.2) is 81.7 Å². The van der Waals surface area contributed by atoms with Crippen LogP contribution >= 0.6 is 0 Å². The number of piperidine rings is 1. The molecule has 43 heavy (non-hydrogen) atoms. The number of aromatic hydroxyl groups is 1. The van der Waals surface area contributed by atoms with Crippen molar-refractivity contribution in [1.29, 1.82) is 0 Å². The highest BCUT2D eigenvalue weighted by molar-refractivity contribution is 6.01. The molecular weight excluding hydrogens is 559 g/mol. The minimum Gasteiger partial charge on any atom is -0.508 e. The van der Waals surface area contributed by atoms with Gasteiger partial charge in [0.1, 0.15) is 41.4 Å². The first-order valence-electron chi connectivity index (χ1n) is 15.0. The lowest BCUT2D eigenvalue weighted by Gasteiger charge is -2.47. The Morgan fingerprint density at radius 3 is 2.74 bits per heavy atom. The highest BCUT2D eigenvalue weighted by Crippen LogP contribution is 2.42. The molecule has 5 aliphatic rings. The maximum Gasteiger partial charge on any atom is 0.319 e. The Morgan fingerprint density at radius 1 is 1.14 bits per heavy atom.